The van der Waals surface area contributed by atoms with Crippen molar-refractivity contribution < 1.29 is 44.6 Å². The number of anilines is 2. The van der Waals surface area contributed by atoms with E-state index in [0.29, 0.717) is 10.8 Å². The Labute approximate surface area is 177 Å². The van der Waals surface area contributed by atoms with Crippen molar-refractivity contribution in [1.29, 1.82) is 0 Å². The van der Waals surface area contributed by atoms with Gasteiger partial charge >= 0.3 is 0 Å². The van der Waals surface area contributed by atoms with Crippen LogP contribution in [0.1, 0.15) is 11.1 Å². The molecule has 0 atom stereocenters. The first kappa shape index (κ1) is 24.2. The molecule has 0 saturated heterocycles. The molecule has 31 heavy (non-hydrogen) atoms. The summed E-state index contributed by atoms with van der Waals surface area (Å²) >= 11 is 0. The number of aromatic hydroxyl groups is 2. The molecule has 0 aliphatic carbocycles. The fourth-order valence-electron chi connectivity index (χ4n) is 2.28. The van der Waals surface area contributed by atoms with Crippen LogP contribution in [-0.4, -0.2) is 44.6 Å². The molecule has 2 rings (SSSR count). The van der Waals surface area contributed by atoms with Crippen LogP contribution in [0.5, 0.6) is 11.5 Å². The lowest BCUT2D eigenvalue weighted by Crippen LogP contribution is -2.01. The third-order valence-electron chi connectivity index (χ3n) is 3.71. The minimum absolute atomic E-state index is 0.0811. The molecule has 0 unspecified atom stereocenters. The maximum absolute atomic E-state index is 12.2. The van der Waals surface area contributed by atoms with Gasteiger partial charge in [0.05, 0.1) is 11.4 Å². The van der Waals surface area contributed by atoms with E-state index in [1.807, 2.05) is 0 Å². The van der Waals surface area contributed by atoms with Gasteiger partial charge in [0.25, 0.3) is 20.2 Å². The zero-order valence-electron chi connectivity index (χ0n) is 15.2. The van der Waals surface area contributed by atoms with Crippen molar-refractivity contribution in [2.24, 2.45) is 0 Å². The van der Waals surface area contributed by atoms with Crippen molar-refractivity contribution in [2.75, 3.05) is 11.5 Å². The molecule has 0 fully saturated rings. The normalized spacial score (nSPS) is 13.2. The molecule has 168 valence electrons. The number of nitrogen functional groups attached to an aromatic ring is 2. The summed E-state index contributed by atoms with van der Waals surface area (Å²) in [5.41, 5.74) is 9.86. The van der Waals surface area contributed by atoms with Gasteiger partial charge in [-0.1, -0.05) is 0 Å². The zero-order valence-corrected chi connectivity index (χ0v) is 17.7. The van der Waals surface area contributed by atoms with Gasteiger partial charge in [-0.3, -0.25) is 9.11 Å². The first-order valence-corrected chi connectivity index (χ1v) is 12.3. The summed E-state index contributed by atoms with van der Waals surface area (Å²) in [4.78, 5) is -1.84. The Balaban J connectivity index is 2.41. The standard InChI is InChI=1S/C16H16N2O10S3/c17-11-5-9(7-13(15(11)19)30(23,24)25)1-3-29(21,22)4-2-10-6-12(18)16(20)14(8-10)31(26,27)28/h1-8,19-20H,17-18H2,(H,23,24,25)(H,26,27,28). The van der Waals surface area contributed by atoms with Gasteiger partial charge in [-0.15, -0.1) is 0 Å². The molecule has 2 aromatic rings. The minimum atomic E-state index is -4.83. The number of hydrogen-bond donors (Lipinski definition) is 6. The van der Waals surface area contributed by atoms with E-state index < -0.39 is 62.7 Å². The second-order valence-corrected chi connectivity index (χ2v) is 10.6. The van der Waals surface area contributed by atoms with Crippen molar-refractivity contribution in [3.63, 3.8) is 0 Å². The molecule has 0 aromatic heterocycles. The number of hydrogen-bond acceptors (Lipinski definition) is 10. The molecule has 8 N–H and O–H groups in total. The maximum atomic E-state index is 12.2. The van der Waals surface area contributed by atoms with Crippen LogP contribution in [0.4, 0.5) is 11.4 Å². The fourth-order valence-corrected chi connectivity index (χ4v) is 4.36. The van der Waals surface area contributed by atoms with Crippen molar-refractivity contribution >= 4 is 53.6 Å². The molecule has 0 aliphatic heterocycles. The minimum Gasteiger partial charge on any atom is -0.504 e. The second kappa shape index (κ2) is 8.20. The average molecular weight is 493 g/mol. The Morgan fingerprint density at radius 2 is 0.968 bits per heavy atom. The molecule has 0 aliphatic rings. The lowest BCUT2D eigenvalue weighted by Gasteiger charge is -2.06. The first-order chi connectivity index (χ1) is 14.0. The lowest BCUT2D eigenvalue weighted by atomic mass is 10.2. The monoisotopic (exact) mass is 492 g/mol. The fraction of sp³-hybridized carbons (Fsp3) is 0. The van der Waals surface area contributed by atoms with Crippen molar-refractivity contribution in [1.82, 2.24) is 0 Å². The Bertz CT molecular complexity index is 1320. The van der Waals surface area contributed by atoms with E-state index in [1.54, 1.807) is 0 Å². The topological polar surface area (TPSA) is 235 Å². The van der Waals surface area contributed by atoms with E-state index in [0.717, 1.165) is 36.4 Å². The highest BCUT2D eigenvalue weighted by molar-refractivity contribution is 7.97. The first-order valence-electron chi connectivity index (χ1n) is 7.82. The number of benzene rings is 2. The van der Waals surface area contributed by atoms with E-state index in [4.69, 9.17) is 20.6 Å². The van der Waals surface area contributed by atoms with E-state index in [9.17, 15) is 35.5 Å². The largest absolute Gasteiger partial charge is 0.504 e. The van der Waals surface area contributed by atoms with E-state index in [1.165, 1.54) is 0 Å². The number of sulfone groups is 1. The van der Waals surface area contributed by atoms with Crippen LogP contribution in [-0.2, 0) is 30.1 Å². The van der Waals surface area contributed by atoms with Crippen LogP contribution in [0.25, 0.3) is 12.2 Å². The SMILES string of the molecule is Nc1cc(C=CS(=O)(=O)C=Cc2cc(N)c(O)c(S(=O)(=O)O)c2)cc(S(=O)(=O)O)c1O. The molecule has 0 amide bonds. The van der Waals surface area contributed by atoms with Crippen LogP contribution >= 0.6 is 0 Å². The van der Waals surface area contributed by atoms with E-state index >= 15 is 0 Å². The molecular formula is C16H16N2O10S3. The zero-order chi connectivity index (χ0) is 23.8. The molecule has 12 nitrogen and oxygen atoms in total. The van der Waals surface area contributed by atoms with Crippen molar-refractivity contribution in [3.05, 3.63) is 46.2 Å². The highest BCUT2D eigenvalue weighted by Crippen LogP contribution is 2.32. The smallest absolute Gasteiger partial charge is 0.298 e. The van der Waals surface area contributed by atoms with E-state index in [2.05, 4.69) is 0 Å². The van der Waals surface area contributed by atoms with Gasteiger partial charge in [0.1, 0.15) is 9.79 Å². The predicted molar refractivity (Wildman–Crippen MR) is 112 cm³/mol. The van der Waals surface area contributed by atoms with Gasteiger partial charge < -0.3 is 21.7 Å². The lowest BCUT2D eigenvalue weighted by molar-refractivity contribution is 0.443. The van der Waals surface area contributed by atoms with E-state index in [-0.39, 0.29) is 11.1 Å². The van der Waals surface area contributed by atoms with Gasteiger partial charge in [0, 0.05) is 10.8 Å². The van der Waals surface area contributed by atoms with Gasteiger partial charge in [0.15, 0.2) is 21.3 Å². The number of rotatable bonds is 6. The molecular weight excluding hydrogens is 476 g/mol. The van der Waals surface area contributed by atoms with Crippen molar-refractivity contribution in [2.45, 2.75) is 9.79 Å². The number of nitrogens with two attached hydrogens (primary N) is 2. The molecule has 0 saturated carbocycles. The second-order valence-electron chi connectivity index (χ2n) is 6.06. The molecule has 0 bridgehead atoms. The summed E-state index contributed by atoms with van der Waals surface area (Å²) in [7, 11) is -13.8. The third kappa shape index (κ3) is 5.96. The van der Waals surface area contributed by atoms with Crippen molar-refractivity contribution in [3.8, 4) is 11.5 Å². The summed E-state index contributed by atoms with van der Waals surface area (Å²) in [5, 5.41) is 20.5. The predicted octanol–water partition coefficient (Wildman–Crippen LogP) is 0.812. The summed E-state index contributed by atoms with van der Waals surface area (Å²) < 4.78 is 87.6. The van der Waals surface area contributed by atoms with Crippen LogP contribution in [0.2, 0.25) is 0 Å². The molecule has 0 heterocycles. The van der Waals surface area contributed by atoms with Gasteiger partial charge in [-0.25, -0.2) is 8.42 Å². The maximum Gasteiger partial charge on any atom is 0.298 e. The van der Waals surface area contributed by atoms with Gasteiger partial charge in [0.2, 0.25) is 0 Å². The Hall–Kier alpha value is -3.11. The highest BCUT2D eigenvalue weighted by Gasteiger charge is 2.19. The molecule has 15 heteroatoms. The number of phenolic OH excluding ortho intramolecular Hbond substituents is 2. The summed E-state index contributed by atoms with van der Waals surface area (Å²) in [5.74, 6) is -1.80. The number of phenols is 2. The Kier molecular flexibility index (Phi) is 6.39. The molecule has 0 spiro atoms. The van der Waals surface area contributed by atoms with Crippen LogP contribution in [0, 0.1) is 0 Å². The van der Waals surface area contributed by atoms with Crippen LogP contribution in [0.3, 0.4) is 0 Å². The van der Waals surface area contributed by atoms with Crippen LogP contribution in [0.15, 0.2) is 44.9 Å². The molecule has 0 radical (unpaired) electrons. The summed E-state index contributed by atoms with van der Waals surface area (Å²) in [6, 6.07) is 3.68. The molecule has 2 aromatic carbocycles. The average Bonchev–Trinajstić information content (AvgIpc) is 2.61. The third-order valence-corrected chi connectivity index (χ3v) is 6.47. The Morgan fingerprint density at radius 1 is 0.645 bits per heavy atom. The van der Waals surface area contributed by atoms with Gasteiger partial charge in [-0.05, 0) is 47.5 Å². The highest BCUT2D eigenvalue weighted by atomic mass is 32.2. The summed E-state index contributed by atoms with van der Waals surface area (Å²) in [6.07, 6.45) is 1.86. The van der Waals surface area contributed by atoms with Crippen LogP contribution < -0.4 is 11.5 Å². The quantitative estimate of drug-likeness (QED) is 0.187. The van der Waals surface area contributed by atoms with Gasteiger partial charge in [-0.2, -0.15) is 16.8 Å². The summed E-state index contributed by atoms with van der Waals surface area (Å²) in [6.45, 7) is 0. The Morgan fingerprint density at radius 3 is 1.26 bits per heavy atom.